The number of rotatable bonds is 32. The van der Waals surface area contributed by atoms with Crippen LogP contribution in [0.4, 0.5) is 0 Å². The average Bonchev–Trinajstić information content (AvgIpc) is 2.89. The normalized spacial score (nSPS) is 13.3. The summed E-state index contributed by atoms with van der Waals surface area (Å²) in [5, 5.41) is 0. The van der Waals surface area contributed by atoms with E-state index < -0.39 is 0 Å². The Morgan fingerprint density at radius 1 is 0.243 bits per heavy atom. The molecule has 0 aliphatic heterocycles. The van der Waals surface area contributed by atoms with Crippen molar-refractivity contribution in [2.24, 2.45) is 11.8 Å². The minimum Gasteiger partial charge on any atom is -0.0654 e. The number of hydrogen-bond donors (Lipinski definition) is 0. The first-order valence-electron chi connectivity index (χ1n) is 18.2. The molecule has 0 aliphatic rings. The monoisotopic (exact) mass is 521 g/mol. The smallest absolute Gasteiger partial charge is 0.0443 e. The Hall–Kier alpha value is 0. The average molecular weight is 521 g/mol. The summed E-state index contributed by atoms with van der Waals surface area (Å²) in [6.45, 7) is 9.63. The molecule has 0 bridgehead atoms. The molecule has 0 rings (SSSR count). The quantitative estimate of drug-likeness (QED) is 0.0773. The van der Waals surface area contributed by atoms with Crippen molar-refractivity contribution in [2.45, 2.75) is 227 Å². The van der Waals surface area contributed by atoms with Gasteiger partial charge in [-0.2, -0.15) is 0 Å². The molecule has 0 radical (unpaired) electrons. The fraction of sp³-hybridized carbons (Fsp3) is 1.00. The van der Waals surface area contributed by atoms with E-state index in [0.717, 1.165) is 11.8 Å². The van der Waals surface area contributed by atoms with Gasteiger partial charge in [-0.1, -0.05) is 227 Å². The Kier molecular flexibility index (Phi) is 32.2. The minimum atomic E-state index is 0.964. The summed E-state index contributed by atoms with van der Waals surface area (Å²) in [6, 6.07) is 0. The van der Waals surface area contributed by atoms with Crippen molar-refractivity contribution in [2.75, 3.05) is 0 Å². The zero-order valence-electron chi connectivity index (χ0n) is 27.1. The predicted molar refractivity (Wildman–Crippen MR) is 173 cm³/mol. The van der Waals surface area contributed by atoms with Crippen molar-refractivity contribution < 1.29 is 0 Å². The van der Waals surface area contributed by atoms with Crippen LogP contribution in [0.5, 0.6) is 0 Å². The molecule has 2 unspecified atom stereocenters. The van der Waals surface area contributed by atoms with Gasteiger partial charge in [0.25, 0.3) is 0 Å². The Balaban J connectivity index is 3.23. The SMILES string of the molecule is CCCCCCCCCCCCCCC(C)CCCCCCCCCC(C)CCCCCCCCCC. The number of hydrogen-bond acceptors (Lipinski definition) is 0. The van der Waals surface area contributed by atoms with Crippen molar-refractivity contribution in [3.63, 3.8) is 0 Å². The van der Waals surface area contributed by atoms with Crippen LogP contribution in [-0.4, -0.2) is 0 Å². The van der Waals surface area contributed by atoms with Crippen LogP contribution in [0.25, 0.3) is 0 Å². The highest BCUT2D eigenvalue weighted by atomic mass is 14.1. The molecule has 0 nitrogen and oxygen atoms in total. The largest absolute Gasteiger partial charge is 0.0654 e. The maximum atomic E-state index is 2.51. The maximum absolute atomic E-state index is 2.51. The zero-order valence-corrected chi connectivity index (χ0v) is 27.1. The van der Waals surface area contributed by atoms with Gasteiger partial charge in [-0.05, 0) is 11.8 Å². The molecule has 0 saturated heterocycles. The lowest BCUT2D eigenvalue weighted by Crippen LogP contribution is -1.96. The first-order valence-corrected chi connectivity index (χ1v) is 18.2. The molecule has 224 valence electrons. The third kappa shape index (κ3) is 32.1. The van der Waals surface area contributed by atoms with Crippen LogP contribution < -0.4 is 0 Å². The van der Waals surface area contributed by atoms with Gasteiger partial charge in [0, 0.05) is 0 Å². The molecule has 2 atom stereocenters. The lowest BCUT2D eigenvalue weighted by Gasteiger charge is -2.12. The Morgan fingerprint density at radius 3 is 0.595 bits per heavy atom. The third-order valence-corrected chi connectivity index (χ3v) is 8.99. The fourth-order valence-corrected chi connectivity index (χ4v) is 6.12. The molecular weight excluding hydrogens is 444 g/mol. The predicted octanol–water partition coefficient (Wildman–Crippen LogP) is 14.4. The van der Waals surface area contributed by atoms with Crippen molar-refractivity contribution >= 4 is 0 Å². The van der Waals surface area contributed by atoms with Gasteiger partial charge in [0.05, 0.1) is 0 Å². The van der Waals surface area contributed by atoms with E-state index in [1.54, 1.807) is 0 Å². The summed E-state index contributed by atoms with van der Waals surface area (Å²) < 4.78 is 0. The summed E-state index contributed by atoms with van der Waals surface area (Å²) in [5.41, 5.74) is 0. The molecular formula is C37H76. The first-order chi connectivity index (χ1) is 18.2. The van der Waals surface area contributed by atoms with Gasteiger partial charge in [-0.15, -0.1) is 0 Å². The van der Waals surface area contributed by atoms with Crippen LogP contribution in [0, 0.1) is 11.8 Å². The third-order valence-electron chi connectivity index (χ3n) is 8.99. The molecule has 0 fully saturated rings. The Labute approximate surface area is 238 Å². The van der Waals surface area contributed by atoms with Gasteiger partial charge in [0.15, 0.2) is 0 Å². The molecule has 0 aliphatic carbocycles. The van der Waals surface area contributed by atoms with Crippen molar-refractivity contribution in [3.05, 3.63) is 0 Å². The zero-order chi connectivity index (χ0) is 27.1. The van der Waals surface area contributed by atoms with Gasteiger partial charge >= 0.3 is 0 Å². The molecule has 0 spiro atoms. The highest BCUT2D eigenvalue weighted by molar-refractivity contribution is 4.58. The molecule has 0 aromatic heterocycles. The standard InChI is InChI=1S/C37H76/c1-5-7-9-11-13-15-16-17-18-21-25-29-33-37(4)35-31-27-23-19-22-26-30-34-36(3)32-28-24-20-14-12-10-8-6-2/h36-37H,5-35H2,1-4H3. The highest BCUT2D eigenvalue weighted by Crippen LogP contribution is 2.21. The summed E-state index contributed by atoms with van der Waals surface area (Å²) in [5.74, 6) is 1.93. The molecule has 0 amide bonds. The first kappa shape index (κ1) is 37.0. The molecule has 0 aromatic rings. The molecule has 0 aromatic carbocycles. The lowest BCUT2D eigenvalue weighted by molar-refractivity contribution is 0.421. The topological polar surface area (TPSA) is 0 Å². The van der Waals surface area contributed by atoms with E-state index in [0.29, 0.717) is 0 Å². The van der Waals surface area contributed by atoms with Crippen LogP contribution in [0.2, 0.25) is 0 Å². The van der Waals surface area contributed by atoms with Crippen LogP contribution in [0.3, 0.4) is 0 Å². The maximum Gasteiger partial charge on any atom is -0.0443 e. The van der Waals surface area contributed by atoms with Crippen molar-refractivity contribution in [3.8, 4) is 0 Å². The van der Waals surface area contributed by atoms with Gasteiger partial charge in [-0.3, -0.25) is 0 Å². The van der Waals surface area contributed by atoms with Gasteiger partial charge in [0.1, 0.15) is 0 Å². The second-order valence-electron chi connectivity index (χ2n) is 13.2. The van der Waals surface area contributed by atoms with E-state index in [9.17, 15) is 0 Å². The summed E-state index contributed by atoms with van der Waals surface area (Å²) in [4.78, 5) is 0. The van der Waals surface area contributed by atoms with Crippen LogP contribution in [0.15, 0.2) is 0 Å². The highest BCUT2D eigenvalue weighted by Gasteiger charge is 2.04. The van der Waals surface area contributed by atoms with Gasteiger partial charge in [0.2, 0.25) is 0 Å². The second-order valence-corrected chi connectivity index (χ2v) is 13.2. The lowest BCUT2D eigenvalue weighted by atomic mass is 9.95. The molecule has 0 saturated carbocycles. The van der Waals surface area contributed by atoms with E-state index in [1.807, 2.05) is 0 Å². The second kappa shape index (κ2) is 32.2. The van der Waals surface area contributed by atoms with E-state index in [2.05, 4.69) is 27.7 Å². The Morgan fingerprint density at radius 2 is 0.405 bits per heavy atom. The van der Waals surface area contributed by atoms with E-state index >= 15 is 0 Å². The van der Waals surface area contributed by atoms with Crippen LogP contribution in [-0.2, 0) is 0 Å². The summed E-state index contributed by atoms with van der Waals surface area (Å²) in [6.07, 6.45) is 45.6. The fourth-order valence-electron chi connectivity index (χ4n) is 6.12. The van der Waals surface area contributed by atoms with Gasteiger partial charge < -0.3 is 0 Å². The van der Waals surface area contributed by atoms with Crippen LogP contribution in [0.1, 0.15) is 227 Å². The summed E-state index contributed by atoms with van der Waals surface area (Å²) in [7, 11) is 0. The molecule has 37 heavy (non-hydrogen) atoms. The molecule has 0 N–H and O–H groups in total. The minimum absolute atomic E-state index is 0.964. The summed E-state index contributed by atoms with van der Waals surface area (Å²) >= 11 is 0. The van der Waals surface area contributed by atoms with E-state index in [-0.39, 0.29) is 0 Å². The number of unbranched alkanes of at least 4 members (excludes halogenated alkanes) is 24. The van der Waals surface area contributed by atoms with Crippen LogP contribution >= 0.6 is 0 Å². The Bertz CT molecular complexity index is 385. The molecule has 0 heterocycles. The van der Waals surface area contributed by atoms with Crippen molar-refractivity contribution in [1.29, 1.82) is 0 Å². The van der Waals surface area contributed by atoms with E-state index in [1.165, 1.54) is 199 Å². The molecule has 0 heteroatoms. The van der Waals surface area contributed by atoms with Crippen molar-refractivity contribution in [1.82, 2.24) is 0 Å². The van der Waals surface area contributed by atoms with E-state index in [4.69, 9.17) is 0 Å². The van der Waals surface area contributed by atoms with Gasteiger partial charge in [-0.25, -0.2) is 0 Å².